The van der Waals surface area contributed by atoms with Crippen molar-refractivity contribution in [2.75, 3.05) is 6.61 Å². The van der Waals surface area contributed by atoms with E-state index in [4.69, 9.17) is 33.2 Å². The van der Waals surface area contributed by atoms with Crippen molar-refractivity contribution >= 4 is 35.8 Å². The molecule has 14 nitrogen and oxygen atoms in total. The van der Waals surface area contributed by atoms with E-state index in [2.05, 4.69) is 6.58 Å². The smallest absolute Gasteiger partial charge is 0.312 e. The van der Waals surface area contributed by atoms with Gasteiger partial charge in [0.15, 0.2) is 5.60 Å². The van der Waals surface area contributed by atoms with Crippen molar-refractivity contribution in [2.45, 2.75) is 129 Å². The first-order valence-electron chi connectivity index (χ1n) is 16.3. The number of aliphatic hydroxyl groups is 1. The van der Waals surface area contributed by atoms with Gasteiger partial charge in [0.05, 0.1) is 17.9 Å². The highest BCUT2D eigenvalue weighted by Gasteiger charge is 2.79. The fourth-order valence-corrected chi connectivity index (χ4v) is 8.14. The monoisotopic (exact) mass is 680 g/mol. The molecule has 0 aromatic carbocycles. The Balaban J connectivity index is 2.11. The van der Waals surface area contributed by atoms with Gasteiger partial charge in [-0.1, -0.05) is 34.3 Å². The molecule has 14 heteroatoms. The summed E-state index contributed by atoms with van der Waals surface area (Å²) in [6, 6.07) is 0. The maximum Gasteiger partial charge on any atom is 0.312 e. The lowest BCUT2D eigenvalue weighted by Crippen LogP contribution is -2.73. The predicted molar refractivity (Wildman–Crippen MR) is 163 cm³/mol. The van der Waals surface area contributed by atoms with E-state index in [1.54, 1.807) is 13.8 Å². The fourth-order valence-electron chi connectivity index (χ4n) is 8.14. The normalized spacial score (nSPS) is 40.5. The number of carbonyl (C=O) groups excluding carboxylic acids is 6. The Morgan fingerprint density at radius 3 is 1.90 bits per heavy atom. The van der Waals surface area contributed by atoms with Gasteiger partial charge in [-0.05, 0) is 18.4 Å². The lowest BCUT2D eigenvalue weighted by Gasteiger charge is -2.58. The average Bonchev–Trinajstić information content (AvgIpc) is 3.70. The Morgan fingerprint density at radius 2 is 1.40 bits per heavy atom. The quantitative estimate of drug-likeness (QED) is 0.178. The number of rotatable bonds is 7. The minimum atomic E-state index is -2.29. The predicted octanol–water partition coefficient (Wildman–Crippen LogP) is 2.35. The number of fused-ring (bicyclic) bond motifs is 3. The first-order chi connectivity index (χ1) is 22.2. The van der Waals surface area contributed by atoms with Gasteiger partial charge in [0.1, 0.15) is 42.2 Å². The van der Waals surface area contributed by atoms with E-state index < -0.39 is 107 Å². The molecule has 4 rings (SSSR count). The van der Waals surface area contributed by atoms with Crippen molar-refractivity contribution in [2.24, 2.45) is 29.1 Å². The van der Waals surface area contributed by atoms with Crippen molar-refractivity contribution in [3.8, 4) is 0 Å². The third kappa shape index (κ3) is 6.57. The zero-order valence-electron chi connectivity index (χ0n) is 29.1. The summed E-state index contributed by atoms with van der Waals surface area (Å²) in [6.07, 6.45) is -8.04. The number of hydrogen-bond donors (Lipinski definition) is 1. The SMILES string of the molecule is C=C1[C@H](OC(C)=O)C[C@H](OC(C)=O)[C@@]2(C)[C@@H](OC(=O)CC(C)C)C[C@@H](OC(C)=O)[C@]3(CO3)[C@@H]2[C@H](OC(C)=O)[C@]2(O)[C@@H](C)C(=O)O[C@H]2[C@H]1C. The first-order valence-corrected chi connectivity index (χ1v) is 16.3. The van der Waals surface area contributed by atoms with Gasteiger partial charge in [0.2, 0.25) is 0 Å². The molecule has 1 N–H and O–H groups in total. The van der Waals surface area contributed by atoms with Crippen LogP contribution in [0.15, 0.2) is 12.2 Å². The summed E-state index contributed by atoms with van der Waals surface area (Å²) in [7, 11) is 0. The van der Waals surface area contributed by atoms with E-state index in [0.717, 1.165) is 6.92 Å². The van der Waals surface area contributed by atoms with Gasteiger partial charge in [-0.25, -0.2) is 0 Å². The van der Waals surface area contributed by atoms with Crippen LogP contribution in [-0.4, -0.2) is 95.4 Å². The molecule has 0 aromatic rings. The Hall–Kier alpha value is -3.52. The van der Waals surface area contributed by atoms with Gasteiger partial charge < -0.3 is 38.3 Å². The summed E-state index contributed by atoms with van der Waals surface area (Å²) in [6.45, 7) is 17.2. The van der Waals surface area contributed by atoms with Gasteiger partial charge in [0, 0.05) is 58.8 Å². The summed E-state index contributed by atoms with van der Waals surface area (Å²) in [5.74, 6) is -7.87. The van der Waals surface area contributed by atoms with E-state index in [-0.39, 0.29) is 37.4 Å². The lowest BCUT2D eigenvalue weighted by atomic mass is 9.51. The molecule has 12 atom stereocenters. The van der Waals surface area contributed by atoms with E-state index >= 15 is 0 Å². The van der Waals surface area contributed by atoms with Gasteiger partial charge >= 0.3 is 35.8 Å². The van der Waals surface area contributed by atoms with Gasteiger partial charge in [0.25, 0.3) is 0 Å². The molecule has 2 saturated carbocycles. The zero-order valence-corrected chi connectivity index (χ0v) is 29.1. The minimum absolute atomic E-state index is 0.0124. The number of carbonyl (C=O) groups is 6. The molecule has 2 heterocycles. The number of ether oxygens (including phenoxy) is 7. The second kappa shape index (κ2) is 13.4. The van der Waals surface area contributed by atoms with E-state index in [1.165, 1.54) is 27.7 Å². The number of esters is 6. The first kappa shape index (κ1) is 37.3. The molecule has 2 aliphatic heterocycles. The summed E-state index contributed by atoms with van der Waals surface area (Å²) in [4.78, 5) is 77.5. The van der Waals surface area contributed by atoms with Crippen molar-refractivity contribution in [3.05, 3.63) is 12.2 Å². The molecular weight excluding hydrogens is 632 g/mol. The van der Waals surface area contributed by atoms with Crippen LogP contribution in [0.4, 0.5) is 0 Å². The summed E-state index contributed by atoms with van der Waals surface area (Å²) < 4.78 is 41.7. The Labute approximate surface area is 280 Å². The molecule has 0 aromatic heterocycles. The highest BCUT2D eigenvalue weighted by Crippen LogP contribution is 2.63. The van der Waals surface area contributed by atoms with Crippen LogP contribution in [0.5, 0.6) is 0 Å². The molecule has 48 heavy (non-hydrogen) atoms. The van der Waals surface area contributed by atoms with Crippen LogP contribution in [0, 0.1) is 29.1 Å². The Morgan fingerprint density at radius 1 is 0.875 bits per heavy atom. The van der Waals surface area contributed by atoms with Crippen molar-refractivity contribution in [1.29, 1.82) is 0 Å². The Bertz CT molecular complexity index is 1350. The summed E-state index contributed by atoms with van der Waals surface area (Å²) >= 11 is 0. The fraction of sp³-hybridized carbons (Fsp3) is 0.765. The molecule has 268 valence electrons. The highest BCUT2D eigenvalue weighted by atomic mass is 16.6. The van der Waals surface area contributed by atoms with Gasteiger partial charge in [-0.3, -0.25) is 28.8 Å². The zero-order chi connectivity index (χ0) is 36.1. The van der Waals surface area contributed by atoms with Crippen LogP contribution in [-0.2, 0) is 61.9 Å². The summed E-state index contributed by atoms with van der Waals surface area (Å²) in [5.41, 5.74) is -5.15. The van der Waals surface area contributed by atoms with E-state index in [0.29, 0.717) is 0 Å². The molecule has 0 amide bonds. The van der Waals surface area contributed by atoms with Crippen LogP contribution < -0.4 is 0 Å². The highest BCUT2D eigenvalue weighted by molar-refractivity contribution is 5.77. The molecule has 1 spiro atoms. The lowest BCUT2D eigenvalue weighted by molar-refractivity contribution is -0.264. The molecule has 0 bridgehead atoms. The van der Waals surface area contributed by atoms with E-state index in [1.807, 2.05) is 13.8 Å². The van der Waals surface area contributed by atoms with Crippen molar-refractivity contribution < 1.29 is 67.0 Å². The van der Waals surface area contributed by atoms with Crippen LogP contribution in [0.2, 0.25) is 0 Å². The Kier molecular flexibility index (Phi) is 10.4. The van der Waals surface area contributed by atoms with Crippen LogP contribution >= 0.6 is 0 Å². The molecule has 0 unspecified atom stereocenters. The third-order valence-corrected chi connectivity index (χ3v) is 10.5. The molecule has 2 aliphatic carbocycles. The largest absolute Gasteiger partial charge is 0.462 e. The van der Waals surface area contributed by atoms with Crippen molar-refractivity contribution in [1.82, 2.24) is 0 Å². The van der Waals surface area contributed by atoms with Crippen LogP contribution in [0.25, 0.3) is 0 Å². The van der Waals surface area contributed by atoms with Crippen LogP contribution in [0.1, 0.15) is 81.6 Å². The molecular formula is C34H48O14. The van der Waals surface area contributed by atoms with Gasteiger partial charge in [-0.15, -0.1) is 0 Å². The summed E-state index contributed by atoms with van der Waals surface area (Å²) in [5, 5.41) is 12.9. The van der Waals surface area contributed by atoms with E-state index in [9.17, 15) is 33.9 Å². The van der Waals surface area contributed by atoms with Gasteiger partial charge in [-0.2, -0.15) is 0 Å². The molecule has 4 fully saturated rings. The third-order valence-electron chi connectivity index (χ3n) is 10.5. The maximum absolute atomic E-state index is 13.4. The standard InChI is InChI=1S/C34H48O14/c1-15(2)11-27(39)47-25-13-26(45-21(8)37)33(14-42-33)28-30(46-22(9)38)34(41)18(5)31(40)48-29(34)17(4)16(3)23(43-19(6)35)12-24(32(25,28)10)44-20(7)36/h15,17-18,23-26,28-30,41H,3,11-14H2,1-2,4-10H3/t17-,18-,23+,24-,25-,26+,28+,29-,30-,32-,33+,34-/m0/s1. The second-order valence-electron chi connectivity index (χ2n) is 14.3. The number of epoxide rings is 1. The second-order valence-corrected chi connectivity index (χ2v) is 14.3. The number of hydrogen-bond acceptors (Lipinski definition) is 14. The van der Waals surface area contributed by atoms with Crippen LogP contribution in [0.3, 0.4) is 0 Å². The van der Waals surface area contributed by atoms with Crippen molar-refractivity contribution in [3.63, 3.8) is 0 Å². The maximum atomic E-state index is 13.4. The minimum Gasteiger partial charge on any atom is -0.462 e. The molecule has 2 saturated heterocycles. The molecule has 0 radical (unpaired) electrons. The topological polar surface area (TPSA) is 191 Å². The molecule has 4 aliphatic rings. The average molecular weight is 681 g/mol.